The van der Waals surface area contributed by atoms with Crippen molar-refractivity contribution in [1.29, 1.82) is 0 Å². The van der Waals surface area contributed by atoms with Crippen LogP contribution in [0, 0.1) is 0 Å². The molecule has 6 heteroatoms. The number of nitrogens with two attached hydrogens (primary N) is 1. The van der Waals surface area contributed by atoms with E-state index in [0.29, 0.717) is 0 Å². The van der Waals surface area contributed by atoms with Crippen LogP contribution in [0.3, 0.4) is 0 Å². The molecule has 6 nitrogen and oxygen atoms in total. The van der Waals surface area contributed by atoms with Crippen LogP contribution in [0.15, 0.2) is 11.0 Å². The summed E-state index contributed by atoms with van der Waals surface area (Å²) in [6, 6.07) is 0.0306. The van der Waals surface area contributed by atoms with Crippen molar-refractivity contribution in [3.8, 4) is 0 Å². The Morgan fingerprint density at radius 2 is 2.19 bits per heavy atom. The van der Waals surface area contributed by atoms with E-state index >= 15 is 0 Å². The molecule has 0 spiro atoms. The second kappa shape index (κ2) is 4.52. The molecule has 2 rings (SSSR count). The highest BCUT2D eigenvalue weighted by atomic mass is 16.2. The predicted octanol–water partition coefficient (Wildman–Crippen LogP) is -0.297. The number of aromatic nitrogens is 2. The molecule has 1 aliphatic rings. The predicted molar refractivity (Wildman–Crippen MR) is 59.1 cm³/mol. The third-order valence-electron chi connectivity index (χ3n) is 2.98. The number of aromatic amines is 2. The van der Waals surface area contributed by atoms with Crippen molar-refractivity contribution in [2.45, 2.75) is 37.8 Å². The number of imidazole rings is 1. The van der Waals surface area contributed by atoms with E-state index in [1.165, 1.54) is 6.20 Å². The van der Waals surface area contributed by atoms with Crippen molar-refractivity contribution < 1.29 is 4.79 Å². The molecule has 1 amide bonds. The molecule has 1 fully saturated rings. The van der Waals surface area contributed by atoms with Gasteiger partial charge in [0.05, 0.1) is 0 Å². The van der Waals surface area contributed by atoms with Crippen LogP contribution in [-0.2, 0) is 0 Å². The number of rotatable bonds is 2. The fourth-order valence-electron chi connectivity index (χ4n) is 2.04. The Morgan fingerprint density at radius 1 is 1.44 bits per heavy atom. The van der Waals surface area contributed by atoms with Crippen LogP contribution >= 0.6 is 0 Å². The van der Waals surface area contributed by atoms with Gasteiger partial charge in [-0.25, -0.2) is 4.79 Å². The van der Waals surface area contributed by atoms with Gasteiger partial charge in [-0.3, -0.25) is 4.79 Å². The first-order chi connectivity index (χ1) is 7.66. The molecule has 0 bridgehead atoms. The Morgan fingerprint density at radius 3 is 2.81 bits per heavy atom. The smallest absolute Gasteiger partial charge is 0.323 e. The Hall–Kier alpha value is -1.56. The van der Waals surface area contributed by atoms with Crippen molar-refractivity contribution >= 4 is 5.91 Å². The van der Waals surface area contributed by atoms with Crippen LogP contribution in [0.1, 0.15) is 36.2 Å². The summed E-state index contributed by atoms with van der Waals surface area (Å²) in [5.41, 5.74) is 5.79. The Labute approximate surface area is 92.6 Å². The van der Waals surface area contributed by atoms with Crippen LogP contribution in [0.25, 0.3) is 0 Å². The van der Waals surface area contributed by atoms with E-state index in [4.69, 9.17) is 5.73 Å². The highest BCUT2D eigenvalue weighted by Gasteiger charge is 2.24. The number of carbonyl (C=O) groups excluding carboxylic acids is 1. The first-order valence-corrected chi connectivity index (χ1v) is 5.51. The fraction of sp³-hybridized carbons (Fsp3) is 0.600. The van der Waals surface area contributed by atoms with Crippen LogP contribution in [0.4, 0.5) is 0 Å². The maximum atomic E-state index is 11.7. The van der Waals surface area contributed by atoms with Gasteiger partial charge < -0.3 is 21.0 Å². The van der Waals surface area contributed by atoms with Gasteiger partial charge in [0, 0.05) is 18.3 Å². The summed E-state index contributed by atoms with van der Waals surface area (Å²) in [6.07, 6.45) is 5.42. The molecular weight excluding hydrogens is 208 g/mol. The maximum absolute atomic E-state index is 11.7. The summed E-state index contributed by atoms with van der Waals surface area (Å²) < 4.78 is 0. The van der Waals surface area contributed by atoms with Gasteiger partial charge in [0.1, 0.15) is 5.69 Å². The van der Waals surface area contributed by atoms with Gasteiger partial charge in [-0.15, -0.1) is 0 Å². The number of amides is 1. The molecule has 88 valence electrons. The summed E-state index contributed by atoms with van der Waals surface area (Å²) >= 11 is 0. The molecule has 1 aromatic rings. The number of hydrogen-bond donors (Lipinski definition) is 4. The van der Waals surface area contributed by atoms with E-state index < -0.39 is 0 Å². The minimum absolute atomic E-state index is 0.0136. The second-order valence-corrected chi connectivity index (χ2v) is 4.18. The number of nitrogens with one attached hydrogen (secondary N) is 3. The minimum atomic E-state index is -0.377. The zero-order valence-corrected chi connectivity index (χ0v) is 8.95. The quantitative estimate of drug-likeness (QED) is 0.554. The van der Waals surface area contributed by atoms with E-state index in [1.807, 2.05) is 0 Å². The molecular formula is C10H16N4O2. The minimum Gasteiger partial charge on any atom is -0.346 e. The average Bonchev–Trinajstić information content (AvgIpc) is 2.68. The lowest BCUT2D eigenvalue weighted by atomic mass is 9.91. The van der Waals surface area contributed by atoms with Crippen molar-refractivity contribution in [2.75, 3.05) is 0 Å². The monoisotopic (exact) mass is 224 g/mol. The van der Waals surface area contributed by atoms with Crippen LogP contribution in [-0.4, -0.2) is 28.0 Å². The zero-order valence-electron chi connectivity index (χ0n) is 8.95. The fourth-order valence-corrected chi connectivity index (χ4v) is 2.04. The van der Waals surface area contributed by atoms with Gasteiger partial charge >= 0.3 is 5.69 Å². The van der Waals surface area contributed by atoms with E-state index in [9.17, 15) is 9.59 Å². The summed E-state index contributed by atoms with van der Waals surface area (Å²) in [6.45, 7) is 0. The molecule has 2 unspecified atom stereocenters. The molecule has 1 saturated carbocycles. The molecule has 0 radical (unpaired) electrons. The van der Waals surface area contributed by atoms with Gasteiger partial charge in [-0.2, -0.15) is 0 Å². The van der Waals surface area contributed by atoms with Crippen molar-refractivity contribution in [1.82, 2.24) is 15.3 Å². The Balaban J connectivity index is 1.98. The zero-order chi connectivity index (χ0) is 11.5. The van der Waals surface area contributed by atoms with Crippen LogP contribution in [0.2, 0.25) is 0 Å². The third-order valence-corrected chi connectivity index (χ3v) is 2.98. The molecule has 1 aromatic heterocycles. The van der Waals surface area contributed by atoms with Gasteiger partial charge in [-0.1, -0.05) is 12.8 Å². The highest BCUT2D eigenvalue weighted by molar-refractivity contribution is 5.92. The third kappa shape index (κ3) is 2.33. The van der Waals surface area contributed by atoms with Crippen molar-refractivity contribution in [2.24, 2.45) is 5.73 Å². The molecule has 0 saturated heterocycles. The van der Waals surface area contributed by atoms with Gasteiger partial charge in [0.25, 0.3) is 5.91 Å². The lowest BCUT2D eigenvalue weighted by molar-refractivity contribution is 0.0916. The average molecular weight is 224 g/mol. The van der Waals surface area contributed by atoms with E-state index in [-0.39, 0.29) is 29.4 Å². The van der Waals surface area contributed by atoms with Crippen molar-refractivity contribution in [3.05, 3.63) is 22.4 Å². The first kappa shape index (κ1) is 10.9. The summed E-state index contributed by atoms with van der Waals surface area (Å²) in [5, 5.41) is 2.84. The Kier molecular flexibility index (Phi) is 3.09. The maximum Gasteiger partial charge on any atom is 0.323 e. The van der Waals surface area contributed by atoms with Crippen LogP contribution < -0.4 is 16.7 Å². The van der Waals surface area contributed by atoms with Gasteiger partial charge in [-0.05, 0) is 12.8 Å². The molecule has 2 atom stereocenters. The first-order valence-electron chi connectivity index (χ1n) is 5.51. The number of carbonyl (C=O) groups is 1. The molecule has 1 heterocycles. The summed E-state index contributed by atoms with van der Waals surface area (Å²) in [7, 11) is 0. The highest BCUT2D eigenvalue weighted by Crippen LogP contribution is 2.16. The van der Waals surface area contributed by atoms with Gasteiger partial charge in [0.15, 0.2) is 0 Å². The number of H-pyrrole nitrogens is 2. The molecule has 16 heavy (non-hydrogen) atoms. The summed E-state index contributed by atoms with van der Waals surface area (Å²) in [4.78, 5) is 27.4. The van der Waals surface area contributed by atoms with Crippen LogP contribution in [0.5, 0.6) is 0 Å². The lowest BCUT2D eigenvalue weighted by Gasteiger charge is -2.28. The largest absolute Gasteiger partial charge is 0.346 e. The van der Waals surface area contributed by atoms with E-state index in [0.717, 1.165) is 25.7 Å². The SMILES string of the molecule is NC1CCCCC1NC(=O)c1c[nH]c(=O)[nH]1. The van der Waals surface area contributed by atoms with Gasteiger partial charge in [0.2, 0.25) is 0 Å². The lowest BCUT2D eigenvalue weighted by Crippen LogP contribution is -2.49. The standard InChI is InChI=1S/C10H16N4O2/c11-6-3-1-2-4-7(6)13-9(15)8-5-12-10(16)14-8/h5-7H,1-4,11H2,(H,13,15)(H2,12,14,16). The summed E-state index contributed by atoms with van der Waals surface area (Å²) in [5.74, 6) is -0.277. The molecule has 0 aromatic carbocycles. The molecule has 5 N–H and O–H groups in total. The molecule has 0 aliphatic heterocycles. The molecule has 1 aliphatic carbocycles. The van der Waals surface area contributed by atoms with E-state index in [2.05, 4.69) is 15.3 Å². The second-order valence-electron chi connectivity index (χ2n) is 4.18. The normalized spacial score (nSPS) is 25.3. The Bertz CT molecular complexity index is 422. The van der Waals surface area contributed by atoms with Crippen molar-refractivity contribution in [3.63, 3.8) is 0 Å². The van der Waals surface area contributed by atoms with E-state index in [1.54, 1.807) is 0 Å². The topological polar surface area (TPSA) is 104 Å². The number of hydrogen-bond acceptors (Lipinski definition) is 3.